The van der Waals surface area contributed by atoms with Crippen molar-refractivity contribution in [3.05, 3.63) is 57.6 Å². The maximum Gasteiger partial charge on any atom is 0.315 e. The lowest BCUT2D eigenvalue weighted by Gasteiger charge is -2.08. The number of methoxy groups -OCH3 is 3. The van der Waals surface area contributed by atoms with Crippen molar-refractivity contribution in [1.29, 1.82) is 0 Å². The molecule has 0 unspecified atom stereocenters. The van der Waals surface area contributed by atoms with Gasteiger partial charge in [-0.15, -0.1) is 0 Å². The summed E-state index contributed by atoms with van der Waals surface area (Å²) in [6, 6.07) is 7.25. The number of hydrogen-bond donors (Lipinski definition) is 1. The molecular weight excluding hydrogens is 342 g/mol. The fourth-order valence-corrected chi connectivity index (χ4v) is 2.26. The predicted molar refractivity (Wildman–Crippen MR) is 94.2 cm³/mol. The number of carbonyl (C=O) groups excluding carboxylic acids is 1. The minimum Gasteiger partial charge on any atom is -0.500 e. The van der Waals surface area contributed by atoms with E-state index in [1.54, 1.807) is 12.1 Å². The number of benzene rings is 2. The van der Waals surface area contributed by atoms with E-state index < -0.39 is 16.4 Å². The largest absolute Gasteiger partial charge is 0.500 e. The molecule has 2 aromatic rings. The first-order valence-electron chi connectivity index (χ1n) is 7.41. The van der Waals surface area contributed by atoms with Crippen LogP contribution in [0.2, 0.25) is 0 Å². The van der Waals surface area contributed by atoms with E-state index in [1.807, 2.05) is 0 Å². The Morgan fingerprint density at radius 3 is 2.27 bits per heavy atom. The molecule has 136 valence electrons. The molecule has 0 fully saturated rings. The highest BCUT2D eigenvalue weighted by Gasteiger charge is 2.19. The Balaban J connectivity index is 2.33. The first-order valence-corrected chi connectivity index (χ1v) is 7.41. The van der Waals surface area contributed by atoms with Crippen LogP contribution in [0.1, 0.15) is 15.9 Å². The molecule has 26 heavy (non-hydrogen) atoms. The number of nitro benzene ring substituents is 1. The number of phenols is 1. The van der Waals surface area contributed by atoms with Crippen LogP contribution in [0.5, 0.6) is 23.0 Å². The van der Waals surface area contributed by atoms with Crippen molar-refractivity contribution < 1.29 is 29.0 Å². The number of aromatic hydroxyl groups is 1. The number of nitro groups is 1. The second-order valence-corrected chi connectivity index (χ2v) is 5.12. The van der Waals surface area contributed by atoms with Crippen LogP contribution in [0.25, 0.3) is 6.08 Å². The zero-order valence-electron chi connectivity index (χ0n) is 14.4. The number of allylic oxidation sites excluding steroid dienone is 1. The number of carbonyl (C=O) groups is 1. The molecule has 0 radical (unpaired) electrons. The summed E-state index contributed by atoms with van der Waals surface area (Å²) in [6.45, 7) is 0. The number of phenolic OH excluding ortho intramolecular Hbond substituents is 1. The van der Waals surface area contributed by atoms with E-state index in [1.165, 1.54) is 45.6 Å². The van der Waals surface area contributed by atoms with E-state index in [-0.39, 0.29) is 11.5 Å². The zero-order valence-corrected chi connectivity index (χ0v) is 14.4. The summed E-state index contributed by atoms with van der Waals surface area (Å²) in [6.07, 6.45) is 2.66. The van der Waals surface area contributed by atoms with Crippen LogP contribution in [-0.4, -0.2) is 37.1 Å². The van der Waals surface area contributed by atoms with E-state index in [0.29, 0.717) is 22.6 Å². The fraction of sp³-hybridized carbons (Fsp3) is 0.167. The maximum atomic E-state index is 12.3. The van der Waals surface area contributed by atoms with Crippen LogP contribution in [0.3, 0.4) is 0 Å². The molecule has 2 rings (SSSR count). The summed E-state index contributed by atoms with van der Waals surface area (Å²) in [5, 5.41) is 20.8. The SMILES string of the molecule is COc1ccc(C(=O)/C=C/c2cc(OC)c(O)c([N+](=O)[O-])c2)cc1OC. The third kappa shape index (κ3) is 3.92. The van der Waals surface area contributed by atoms with Gasteiger partial charge < -0.3 is 19.3 Å². The number of ketones is 1. The topological polar surface area (TPSA) is 108 Å². The van der Waals surface area contributed by atoms with E-state index in [4.69, 9.17) is 14.2 Å². The summed E-state index contributed by atoms with van der Waals surface area (Å²) in [5.41, 5.74) is 0.182. The second-order valence-electron chi connectivity index (χ2n) is 5.12. The van der Waals surface area contributed by atoms with E-state index in [9.17, 15) is 20.0 Å². The summed E-state index contributed by atoms with van der Waals surface area (Å²) in [5.74, 6) is -0.0560. The van der Waals surface area contributed by atoms with Crippen molar-refractivity contribution >= 4 is 17.5 Å². The highest BCUT2D eigenvalue weighted by Crippen LogP contribution is 2.37. The lowest BCUT2D eigenvalue weighted by molar-refractivity contribution is -0.386. The monoisotopic (exact) mass is 359 g/mol. The van der Waals surface area contributed by atoms with Gasteiger partial charge in [0.2, 0.25) is 5.75 Å². The van der Waals surface area contributed by atoms with Gasteiger partial charge in [-0.3, -0.25) is 14.9 Å². The minimum absolute atomic E-state index is 0.0579. The molecule has 0 aliphatic heterocycles. The van der Waals surface area contributed by atoms with Gasteiger partial charge in [-0.1, -0.05) is 6.08 Å². The Hall–Kier alpha value is -3.55. The van der Waals surface area contributed by atoms with Crippen molar-refractivity contribution in [2.75, 3.05) is 21.3 Å². The van der Waals surface area contributed by atoms with E-state index in [2.05, 4.69) is 0 Å². The molecule has 0 aliphatic carbocycles. The van der Waals surface area contributed by atoms with Gasteiger partial charge in [0.05, 0.1) is 26.3 Å². The Morgan fingerprint density at radius 1 is 1.04 bits per heavy atom. The second kappa shape index (κ2) is 8.02. The van der Waals surface area contributed by atoms with Gasteiger partial charge >= 0.3 is 5.69 Å². The van der Waals surface area contributed by atoms with Gasteiger partial charge in [-0.2, -0.15) is 0 Å². The number of rotatable bonds is 7. The van der Waals surface area contributed by atoms with Crippen LogP contribution in [0, 0.1) is 10.1 Å². The molecule has 0 saturated heterocycles. The van der Waals surface area contributed by atoms with Crippen LogP contribution >= 0.6 is 0 Å². The first kappa shape index (κ1) is 18.8. The minimum atomic E-state index is -0.731. The highest BCUT2D eigenvalue weighted by atomic mass is 16.6. The molecule has 0 spiro atoms. The van der Waals surface area contributed by atoms with Crippen molar-refractivity contribution in [2.24, 2.45) is 0 Å². The Morgan fingerprint density at radius 2 is 1.69 bits per heavy atom. The predicted octanol–water partition coefficient (Wildman–Crippen LogP) is 3.22. The maximum absolute atomic E-state index is 12.3. The van der Waals surface area contributed by atoms with Gasteiger partial charge in [0, 0.05) is 11.6 Å². The van der Waals surface area contributed by atoms with Gasteiger partial charge in [0.25, 0.3) is 0 Å². The molecule has 0 atom stereocenters. The molecule has 0 aliphatic rings. The van der Waals surface area contributed by atoms with E-state index in [0.717, 1.165) is 6.07 Å². The zero-order chi connectivity index (χ0) is 19.3. The first-order chi connectivity index (χ1) is 12.4. The van der Waals surface area contributed by atoms with Crippen LogP contribution in [-0.2, 0) is 0 Å². The molecule has 0 aromatic heterocycles. The van der Waals surface area contributed by atoms with Crippen molar-refractivity contribution in [1.82, 2.24) is 0 Å². The van der Waals surface area contributed by atoms with Crippen molar-refractivity contribution in [3.63, 3.8) is 0 Å². The average molecular weight is 359 g/mol. The molecule has 8 heteroatoms. The molecule has 0 heterocycles. The summed E-state index contributed by atoms with van der Waals surface area (Å²) in [4.78, 5) is 22.6. The Bertz CT molecular complexity index is 874. The third-order valence-electron chi connectivity index (χ3n) is 3.59. The lowest BCUT2D eigenvalue weighted by atomic mass is 10.1. The smallest absolute Gasteiger partial charge is 0.315 e. The van der Waals surface area contributed by atoms with Gasteiger partial charge in [-0.05, 0) is 35.9 Å². The van der Waals surface area contributed by atoms with E-state index >= 15 is 0 Å². The lowest BCUT2D eigenvalue weighted by Crippen LogP contribution is -1.97. The Labute approximate surface area is 149 Å². The Kier molecular flexibility index (Phi) is 5.79. The summed E-state index contributed by atoms with van der Waals surface area (Å²) >= 11 is 0. The van der Waals surface area contributed by atoms with Crippen LogP contribution in [0.15, 0.2) is 36.4 Å². The average Bonchev–Trinajstić information content (AvgIpc) is 2.65. The number of nitrogens with zero attached hydrogens (tertiary/aromatic N) is 1. The van der Waals surface area contributed by atoms with Gasteiger partial charge in [0.1, 0.15) is 0 Å². The number of ether oxygens (including phenoxy) is 3. The molecule has 2 aromatic carbocycles. The normalized spacial score (nSPS) is 10.6. The van der Waals surface area contributed by atoms with Crippen molar-refractivity contribution in [2.45, 2.75) is 0 Å². The van der Waals surface area contributed by atoms with Crippen molar-refractivity contribution in [3.8, 4) is 23.0 Å². The number of hydrogen-bond acceptors (Lipinski definition) is 7. The summed E-state index contributed by atoms with van der Waals surface area (Å²) in [7, 11) is 4.23. The van der Waals surface area contributed by atoms with Crippen LogP contribution < -0.4 is 14.2 Å². The highest BCUT2D eigenvalue weighted by molar-refractivity contribution is 6.07. The standard InChI is InChI=1S/C18H17NO7/c1-24-15-7-5-12(10-16(15)25-2)14(20)6-4-11-8-13(19(22)23)18(21)17(9-11)26-3/h4-10,21H,1-3H3/b6-4+. The molecule has 0 amide bonds. The third-order valence-corrected chi connectivity index (χ3v) is 3.59. The molecule has 8 nitrogen and oxygen atoms in total. The molecule has 0 saturated carbocycles. The molecule has 0 bridgehead atoms. The summed E-state index contributed by atoms with van der Waals surface area (Å²) < 4.78 is 15.2. The molecular formula is C18H17NO7. The van der Waals surface area contributed by atoms with Gasteiger partial charge in [-0.25, -0.2) is 0 Å². The van der Waals surface area contributed by atoms with Crippen LogP contribution in [0.4, 0.5) is 5.69 Å². The molecule has 1 N–H and O–H groups in total. The fourth-order valence-electron chi connectivity index (χ4n) is 2.26. The quantitative estimate of drug-likeness (QED) is 0.350. The van der Waals surface area contributed by atoms with Gasteiger partial charge in [0.15, 0.2) is 23.0 Å².